The first kappa shape index (κ1) is 15.7. The van der Waals surface area contributed by atoms with Crippen LogP contribution in [0.15, 0.2) is 71.5 Å². The van der Waals surface area contributed by atoms with E-state index in [0.717, 1.165) is 22.4 Å². The molecule has 0 amide bonds. The summed E-state index contributed by atoms with van der Waals surface area (Å²) < 4.78 is 1.64. The molecule has 0 radical (unpaired) electrons. The van der Waals surface area contributed by atoms with Gasteiger partial charge in [0, 0.05) is 6.54 Å². The Labute approximate surface area is 140 Å². The number of nitrogens with two attached hydrogens (primary N) is 1. The molecular formula is C20H17N3O. The monoisotopic (exact) mass is 315 g/mol. The molecular weight excluding hydrogens is 298 g/mol. The number of hydrogen-bond acceptors (Lipinski definition) is 3. The number of aromatic nitrogens is 1. The highest BCUT2D eigenvalue weighted by molar-refractivity contribution is 5.60. The number of nitriles is 1. The molecule has 2 N–H and O–H groups in total. The van der Waals surface area contributed by atoms with Crippen LogP contribution in [0, 0.1) is 11.3 Å². The number of hydrogen-bond donors (Lipinski definition) is 1. The van der Waals surface area contributed by atoms with Crippen molar-refractivity contribution in [1.29, 1.82) is 5.26 Å². The summed E-state index contributed by atoms with van der Waals surface area (Å²) in [5, 5.41) is 9.16. The van der Waals surface area contributed by atoms with E-state index in [4.69, 9.17) is 11.0 Å². The van der Waals surface area contributed by atoms with E-state index in [1.165, 1.54) is 0 Å². The molecule has 0 spiro atoms. The van der Waals surface area contributed by atoms with E-state index in [2.05, 4.69) is 0 Å². The van der Waals surface area contributed by atoms with Crippen molar-refractivity contribution in [2.45, 2.75) is 13.1 Å². The predicted octanol–water partition coefficient (Wildman–Crippen LogP) is 2.89. The number of nitrogens with zero attached hydrogens (tertiary/aromatic N) is 2. The van der Waals surface area contributed by atoms with Crippen LogP contribution >= 0.6 is 0 Å². The Morgan fingerprint density at radius 2 is 1.58 bits per heavy atom. The van der Waals surface area contributed by atoms with Gasteiger partial charge in [0.05, 0.1) is 12.2 Å². The third kappa shape index (κ3) is 3.12. The smallest absolute Gasteiger partial charge is 0.269 e. The van der Waals surface area contributed by atoms with Gasteiger partial charge in [-0.15, -0.1) is 0 Å². The Hall–Kier alpha value is -3.16. The molecule has 4 heteroatoms. The van der Waals surface area contributed by atoms with Crippen LogP contribution in [0.4, 0.5) is 0 Å². The summed E-state index contributed by atoms with van der Waals surface area (Å²) >= 11 is 0. The number of pyridine rings is 1. The number of benzene rings is 2. The molecule has 3 rings (SSSR count). The maximum Gasteiger partial charge on any atom is 0.269 e. The molecule has 118 valence electrons. The summed E-state index contributed by atoms with van der Waals surface area (Å²) in [6.45, 7) is 0.892. The summed E-state index contributed by atoms with van der Waals surface area (Å²) in [6, 6.07) is 22.9. The van der Waals surface area contributed by atoms with Crippen LogP contribution in [0.25, 0.3) is 11.3 Å². The molecule has 0 fully saturated rings. The van der Waals surface area contributed by atoms with E-state index in [1.807, 2.05) is 66.7 Å². The molecule has 0 atom stereocenters. The van der Waals surface area contributed by atoms with Crippen molar-refractivity contribution in [3.8, 4) is 17.3 Å². The van der Waals surface area contributed by atoms with Crippen LogP contribution in [0.2, 0.25) is 0 Å². The average Bonchev–Trinajstić information content (AvgIpc) is 2.64. The zero-order chi connectivity index (χ0) is 16.9. The maximum atomic E-state index is 12.6. The molecule has 24 heavy (non-hydrogen) atoms. The van der Waals surface area contributed by atoms with Crippen LogP contribution < -0.4 is 11.3 Å². The van der Waals surface area contributed by atoms with Gasteiger partial charge in [0.15, 0.2) is 0 Å². The van der Waals surface area contributed by atoms with Gasteiger partial charge in [-0.2, -0.15) is 5.26 Å². The molecule has 0 saturated carbocycles. The van der Waals surface area contributed by atoms with Gasteiger partial charge in [-0.25, -0.2) is 0 Å². The standard InChI is InChI=1S/C20H17N3O/c21-12-15-6-8-16(9-7-15)14-23-19(17-4-2-1-3-5-17)11-10-18(13-22)20(23)24/h1-11H,12,14,21H2. The lowest BCUT2D eigenvalue weighted by molar-refractivity contribution is 0.765. The Morgan fingerprint density at radius 1 is 0.917 bits per heavy atom. The van der Waals surface area contributed by atoms with Gasteiger partial charge < -0.3 is 10.3 Å². The van der Waals surface area contributed by atoms with Gasteiger partial charge in [0.2, 0.25) is 0 Å². The molecule has 1 heterocycles. The van der Waals surface area contributed by atoms with Gasteiger partial charge in [0.1, 0.15) is 11.6 Å². The van der Waals surface area contributed by atoms with Gasteiger partial charge >= 0.3 is 0 Å². The lowest BCUT2D eigenvalue weighted by Crippen LogP contribution is -2.24. The van der Waals surface area contributed by atoms with Crippen LogP contribution in [0.3, 0.4) is 0 Å². The fraction of sp³-hybridized carbons (Fsp3) is 0.100. The van der Waals surface area contributed by atoms with Crippen LogP contribution in [-0.2, 0) is 13.1 Å². The molecule has 4 nitrogen and oxygen atoms in total. The molecule has 0 aliphatic carbocycles. The van der Waals surface area contributed by atoms with E-state index >= 15 is 0 Å². The molecule has 0 aliphatic rings. The minimum atomic E-state index is -0.276. The van der Waals surface area contributed by atoms with E-state index in [-0.39, 0.29) is 11.1 Å². The van der Waals surface area contributed by atoms with E-state index in [9.17, 15) is 4.79 Å². The quantitative estimate of drug-likeness (QED) is 0.804. The third-order valence-corrected chi connectivity index (χ3v) is 3.96. The average molecular weight is 315 g/mol. The van der Waals surface area contributed by atoms with Crippen molar-refractivity contribution in [2.75, 3.05) is 0 Å². The SMILES string of the molecule is N#Cc1ccc(-c2ccccc2)n(Cc2ccc(CN)cc2)c1=O. The van der Waals surface area contributed by atoms with Crippen molar-refractivity contribution in [2.24, 2.45) is 5.73 Å². The molecule has 0 saturated heterocycles. The fourth-order valence-corrected chi connectivity index (χ4v) is 2.64. The maximum absolute atomic E-state index is 12.6. The van der Waals surface area contributed by atoms with E-state index in [0.29, 0.717) is 13.1 Å². The Balaban J connectivity index is 2.10. The molecule has 3 aromatic rings. The number of rotatable bonds is 4. The van der Waals surface area contributed by atoms with Crippen molar-refractivity contribution in [1.82, 2.24) is 4.57 Å². The molecule has 0 aliphatic heterocycles. The summed E-state index contributed by atoms with van der Waals surface area (Å²) in [6.07, 6.45) is 0. The third-order valence-electron chi connectivity index (χ3n) is 3.96. The zero-order valence-corrected chi connectivity index (χ0v) is 13.1. The Morgan fingerprint density at radius 3 is 2.21 bits per heavy atom. The van der Waals surface area contributed by atoms with Crippen molar-refractivity contribution >= 4 is 0 Å². The molecule has 0 bridgehead atoms. The minimum Gasteiger partial charge on any atom is -0.326 e. The van der Waals surface area contributed by atoms with Crippen LogP contribution in [0.5, 0.6) is 0 Å². The lowest BCUT2D eigenvalue weighted by atomic mass is 10.1. The fourth-order valence-electron chi connectivity index (χ4n) is 2.64. The van der Waals surface area contributed by atoms with Gasteiger partial charge in [-0.05, 0) is 28.8 Å². The van der Waals surface area contributed by atoms with Crippen molar-refractivity contribution in [3.05, 3.63) is 93.8 Å². The molecule has 2 aromatic carbocycles. The second kappa shape index (κ2) is 6.95. The summed E-state index contributed by atoms with van der Waals surface area (Å²) in [5.41, 5.74) is 9.26. The lowest BCUT2D eigenvalue weighted by Gasteiger charge is -2.14. The summed E-state index contributed by atoms with van der Waals surface area (Å²) in [5.74, 6) is 0. The van der Waals surface area contributed by atoms with Gasteiger partial charge in [-0.1, -0.05) is 54.6 Å². The zero-order valence-electron chi connectivity index (χ0n) is 13.1. The summed E-state index contributed by atoms with van der Waals surface area (Å²) in [4.78, 5) is 12.6. The second-order valence-corrected chi connectivity index (χ2v) is 5.52. The first-order valence-electron chi connectivity index (χ1n) is 7.70. The van der Waals surface area contributed by atoms with Crippen molar-refractivity contribution in [3.63, 3.8) is 0 Å². The Kier molecular flexibility index (Phi) is 4.55. The Bertz CT molecular complexity index is 935. The first-order valence-corrected chi connectivity index (χ1v) is 7.70. The van der Waals surface area contributed by atoms with Crippen LogP contribution in [0.1, 0.15) is 16.7 Å². The minimum absolute atomic E-state index is 0.147. The van der Waals surface area contributed by atoms with Crippen molar-refractivity contribution < 1.29 is 0 Å². The highest BCUT2D eigenvalue weighted by Crippen LogP contribution is 2.19. The molecule has 1 aromatic heterocycles. The largest absolute Gasteiger partial charge is 0.326 e. The van der Waals surface area contributed by atoms with E-state index in [1.54, 1.807) is 10.6 Å². The molecule has 0 unspecified atom stereocenters. The topological polar surface area (TPSA) is 71.8 Å². The highest BCUT2D eigenvalue weighted by Gasteiger charge is 2.11. The van der Waals surface area contributed by atoms with Gasteiger partial charge in [0.25, 0.3) is 5.56 Å². The second-order valence-electron chi connectivity index (χ2n) is 5.52. The highest BCUT2D eigenvalue weighted by atomic mass is 16.1. The van der Waals surface area contributed by atoms with Gasteiger partial charge in [-0.3, -0.25) is 4.79 Å². The van der Waals surface area contributed by atoms with Crippen LogP contribution in [-0.4, -0.2) is 4.57 Å². The van der Waals surface area contributed by atoms with E-state index < -0.39 is 0 Å². The first-order chi connectivity index (χ1) is 11.7. The predicted molar refractivity (Wildman–Crippen MR) is 94.3 cm³/mol. The normalized spacial score (nSPS) is 10.3. The summed E-state index contributed by atoms with van der Waals surface area (Å²) in [7, 11) is 0.